The van der Waals surface area contributed by atoms with E-state index in [0.29, 0.717) is 6.10 Å². The lowest BCUT2D eigenvalue weighted by Crippen LogP contribution is -2.23. The first-order valence-corrected chi connectivity index (χ1v) is 7.87. The van der Waals surface area contributed by atoms with Gasteiger partial charge in [-0.3, -0.25) is 0 Å². The normalized spacial score (nSPS) is 17.5. The van der Waals surface area contributed by atoms with Crippen molar-refractivity contribution >= 4 is 12.6 Å². The number of ether oxygens (including phenoxy) is 2. The van der Waals surface area contributed by atoms with Gasteiger partial charge in [-0.1, -0.05) is 32.1 Å². The van der Waals surface area contributed by atoms with E-state index < -0.39 is 0 Å². The average Bonchev–Trinajstić information content (AvgIpc) is 2.38. The third-order valence-electron chi connectivity index (χ3n) is 3.32. The fraction of sp³-hybridized carbons (Fsp3) is 1.00. The number of unbranched alkanes of at least 4 members (excludes halogenated alkanes) is 6. The predicted octanol–water partition coefficient (Wildman–Crippen LogP) is 3.84. The molecule has 1 aliphatic rings. The molecule has 1 fully saturated rings. The number of thiol groups is 1. The van der Waals surface area contributed by atoms with Gasteiger partial charge in [-0.15, -0.1) is 0 Å². The topological polar surface area (TPSA) is 18.5 Å². The molecule has 0 radical (unpaired) electrons. The fourth-order valence-electron chi connectivity index (χ4n) is 2.19. The van der Waals surface area contributed by atoms with Crippen LogP contribution in [-0.4, -0.2) is 31.7 Å². The largest absolute Gasteiger partial charge is 0.381 e. The van der Waals surface area contributed by atoms with Crippen molar-refractivity contribution in [3.8, 4) is 0 Å². The molecule has 0 aromatic carbocycles. The van der Waals surface area contributed by atoms with Gasteiger partial charge in [0.05, 0.1) is 6.10 Å². The molecule has 1 aliphatic heterocycles. The molecule has 0 aromatic rings. The summed E-state index contributed by atoms with van der Waals surface area (Å²) in [5, 5.41) is 0. The summed E-state index contributed by atoms with van der Waals surface area (Å²) >= 11 is 4.22. The summed E-state index contributed by atoms with van der Waals surface area (Å²) < 4.78 is 11.1. The van der Waals surface area contributed by atoms with E-state index in [1.807, 2.05) is 0 Å². The molecular weight excluding hydrogens is 232 g/mol. The molecule has 0 aromatic heterocycles. The zero-order valence-corrected chi connectivity index (χ0v) is 11.9. The molecule has 17 heavy (non-hydrogen) atoms. The minimum absolute atomic E-state index is 0.471. The summed E-state index contributed by atoms with van der Waals surface area (Å²) in [6, 6.07) is 0. The van der Waals surface area contributed by atoms with Crippen LogP contribution in [0.5, 0.6) is 0 Å². The molecule has 1 heterocycles. The highest BCUT2D eigenvalue weighted by Gasteiger charge is 2.13. The standard InChI is InChI=1S/C14H28O2S/c17-13-7-5-3-1-2-4-6-10-16-14-8-11-15-12-9-14/h14,17H,1-13H2. The third-order valence-corrected chi connectivity index (χ3v) is 3.64. The molecule has 0 atom stereocenters. The van der Waals surface area contributed by atoms with Gasteiger partial charge in [0.1, 0.15) is 0 Å². The van der Waals surface area contributed by atoms with Crippen molar-refractivity contribution in [1.82, 2.24) is 0 Å². The number of hydrogen-bond acceptors (Lipinski definition) is 3. The van der Waals surface area contributed by atoms with Gasteiger partial charge in [-0.05, 0) is 31.4 Å². The van der Waals surface area contributed by atoms with E-state index in [0.717, 1.165) is 38.4 Å². The molecule has 0 N–H and O–H groups in total. The van der Waals surface area contributed by atoms with Crippen LogP contribution in [0.15, 0.2) is 0 Å². The van der Waals surface area contributed by atoms with Gasteiger partial charge in [-0.2, -0.15) is 12.6 Å². The molecule has 1 saturated heterocycles. The van der Waals surface area contributed by atoms with E-state index in [-0.39, 0.29) is 0 Å². The Morgan fingerprint density at radius 2 is 1.47 bits per heavy atom. The van der Waals surface area contributed by atoms with E-state index in [4.69, 9.17) is 9.47 Å². The first-order valence-electron chi connectivity index (χ1n) is 7.23. The quantitative estimate of drug-likeness (QED) is 0.475. The molecule has 0 aliphatic carbocycles. The Morgan fingerprint density at radius 3 is 2.12 bits per heavy atom. The summed E-state index contributed by atoms with van der Waals surface area (Å²) in [5.74, 6) is 1.04. The minimum atomic E-state index is 0.471. The maximum absolute atomic E-state index is 5.84. The van der Waals surface area contributed by atoms with Crippen LogP contribution in [-0.2, 0) is 9.47 Å². The van der Waals surface area contributed by atoms with Crippen LogP contribution in [0.1, 0.15) is 57.8 Å². The highest BCUT2D eigenvalue weighted by atomic mass is 32.1. The van der Waals surface area contributed by atoms with Crippen LogP contribution < -0.4 is 0 Å². The lowest BCUT2D eigenvalue weighted by molar-refractivity contribution is -0.0327. The van der Waals surface area contributed by atoms with Gasteiger partial charge in [-0.25, -0.2) is 0 Å². The Balaban J connectivity index is 1.75. The molecule has 0 bridgehead atoms. The van der Waals surface area contributed by atoms with Crippen LogP contribution >= 0.6 is 12.6 Å². The van der Waals surface area contributed by atoms with Crippen molar-refractivity contribution in [2.75, 3.05) is 25.6 Å². The maximum Gasteiger partial charge on any atom is 0.0619 e. The molecule has 2 nitrogen and oxygen atoms in total. The van der Waals surface area contributed by atoms with Crippen molar-refractivity contribution < 1.29 is 9.47 Å². The third kappa shape index (κ3) is 8.92. The summed E-state index contributed by atoms with van der Waals surface area (Å²) in [4.78, 5) is 0. The second-order valence-corrected chi connectivity index (χ2v) is 5.33. The summed E-state index contributed by atoms with van der Waals surface area (Å²) in [5.41, 5.74) is 0. The SMILES string of the molecule is SCCCCCCCCCOC1CCOCC1. The van der Waals surface area contributed by atoms with E-state index in [2.05, 4.69) is 12.6 Å². The van der Waals surface area contributed by atoms with E-state index in [1.165, 1.54) is 44.9 Å². The van der Waals surface area contributed by atoms with Gasteiger partial charge in [0.25, 0.3) is 0 Å². The van der Waals surface area contributed by atoms with Gasteiger partial charge in [0, 0.05) is 19.8 Å². The van der Waals surface area contributed by atoms with Gasteiger partial charge in [0.2, 0.25) is 0 Å². The van der Waals surface area contributed by atoms with Gasteiger partial charge < -0.3 is 9.47 Å². The van der Waals surface area contributed by atoms with Crippen LogP contribution in [0, 0.1) is 0 Å². The summed E-state index contributed by atoms with van der Waals surface area (Å²) in [6.45, 7) is 2.72. The Morgan fingerprint density at radius 1 is 0.882 bits per heavy atom. The number of hydrogen-bond donors (Lipinski definition) is 1. The van der Waals surface area contributed by atoms with E-state index in [9.17, 15) is 0 Å². The second kappa shape index (κ2) is 11.4. The average molecular weight is 260 g/mol. The molecule has 102 valence electrons. The van der Waals surface area contributed by atoms with Crippen molar-refractivity contribution in [3.63, 3.8) is 0 Å². The minimum Gasteiger partial charge on any atom is -0.381 e. The first kappa shape index (κ1) is 15.3. The lowest BCUT2D eigenvalue weighted by Gasteiger charge is -2.22. The molecule has 0 unspecified atom stereocenters. The van der Waals surface area contributed by atoms with Crippen molar-refractivity contribution in [1.29, 1.82) is 0 Å². The molecule has 3 heteroatoms. The zero-order valence-electron chi connectivity index (χ0n) is 11.0. The Labute approximate surface area is 112 Å². The maximum atomic E-state index is 5.84. The molecule has 1 rings (SSSR count). The van der Waals surface area contributed by atoms with Crippen molar-refractivity contribution in [2.45, 2.75) is 63.9 Å². The molecule has 0 amide bonds. The molecule has 0 spiro atoms. The molecular formula is C14H28O2S. The highest BCUT2D eigenvalue weighted by Crippen LogP contribution is 2.12. The Bertz CT molecular complexity index is 158. The predicted molar refractivity (Wildman–Crippen MR) is 76.0 cm³/mol. The second-order valence-electron chi connectivity index (χ2n) is 4.88. The molecule has 0 saturated carbocycles. The monoisotopic (exact) mass is 260 g/mol. The van der Waals surface area contributed by atoms with Crippen LogP contribution in [0.4, 0.5) is 0 Å². The fourth-order valence-corrected chi connectivity index (χ4v) is 2.41. The summed E-state index contributed by atoms with van der Waals surface area (Å²) in [7, 11) is 0. The lowest BCUT2D eigenvalue weighted by atomic mass is 10.1. The number of rotatable bonds is 10. The van der Waals surface area contributed by atoms with Gasteiger partial charge >= 0.3 is 0 Å². The van der Waals surface area contributed by atoms with E-state index >= 15 is 0 Å². The zero-order chi connectivity index (χ0) is 12.2. The van der Waals surface area contributed by atoms with Crippen molar-refractivity contribution in [3.05, 3.63) is 0 Å². The Hall–Kier alpha value is 0.270. The van der Waals surface area contributed by atoms with Crippen LogP contribution in [0.25, 0.3) is 0 Å². The first-order chi connectivity index (χ1) is 8.43. The van der Waals surface area contributed by atoms with Crippen LogP contribution in [0.2, 0.25) is 0 Å². The van der Waals surface area contributed by atoms with Gasteiger partial charge in [0.15, 0.2) is 0 Å². The van der Waals surface area contributed by atoms with E-state index in [1.54, 1.807) is 0 Å². The van der Waals surface area contributed by atoms with Crippen LogP contribution in [0.3, 0.4) is 0 Å². The summed E-state index contributed by atoms with van der Waals surface area (Å²) in [6.07, 6.45) is 11.9. The smallest absolute Gasteiger partial charge is 0.0619 e. The Kier molecular flexibility index (Phi) is 10.2. The highest BCUT2D eigenvalue weighted by molar-refractivity contribution is 7.80. The van der Waals surface area contributed by atoms with Crippen molar-refractivity contribution in [2.24, 2.45) is 0 Å².